The van der Waals surface area contributed by atoms with Gasteiger partial charge in [0.05, 0.1) is 33.0 Å². The average Bonchev–Trinajstić information content (AvgIpc) is 3.18. The highest BCUT2D eigenvalue weighted by atomic mass is 32.2. The molecule has 0 aromatic carbocycles. The molecule has 1 saturated heterocycles. The van der Waals surface area contributed by atoms with Gasteiger partial charge >= 0.3 is 0 Å². The number of amides is 1. The first kappa shape index (κ1) is 16.6. The Kier molecular flexibility index (Phi) is 4.84. The van der Waals surface area contributed by atoms with Crippen LogP contribution in [0.15, 0.2) is 17.5 Å². The minimum Gasteiger partial charge on any atom is -0.355 e. The van der Waals surface area contributed by atoms with Crippen molar-refractivity contribution in [1.82, 2.24) is 10.3 Å². The normalized spacial score (nSPS) is 19.8. The minimum atomic E-state index is -3.01. The van der Waals surface area contributed by atoms with Gasteiger partial charge in [0.25, 0.3) is 0 Å². The highest BCUT2D eigenvalue weighted by Crippen LogP contribution is 2.29. The molecular formula is C15H18N2O3S3. The Morgan fingerprint density at radius 3 is 2.91 bits per heavy atom. The maximum Gasteiger partial charge on any atom is 0.224 e. The zero-order valence-electron chi connectivity index (χ0n) is 12.7. The molecule has 3 heterocycles. The molecule has 0 bridgehead atoms. The third kappa shape index (κ3) is 4.19. The van der Waals surface area contributed by atoms with Gasteiger partial charge in [0, 0.05) is 16.8 Å². The first-order valence-electron chi connectivity index (χ1n) is 7.42. The third-order valence-corrected chi connectivity index (χ3v) is 7.52. The van der Waals surface area contributed by atoms with E-state index < -0.39 is 9.84 Å². The highest BCUT2D eigenvalue weighted by molar-refractivity contribution is 7.91. The summed E-state index contributed by atoms with van der Waals surface area (Å²) >= 11 is 3.31. The van der Waals surface area contributed by atoms with Crippen molar-refractivity contribution in [2.45, 2.75) is 19.8 Å². The molecule has 1 fully saturated rings. The van der Waals surface area contributed by atoms with Gasteiger partial charge < -0.3 is 5.32 Å². The van der Waals surface area contributed by atoms with Crippen molar-refractivity contribution in [3.63, 3.8) is 0 Å². The first-order valence-corrected chi connectivity index (χ1v) is 10.9. The van der Waals surface area contributed by atoms with Crippen LogP contribution < -0.4 is 5.32 Å². The van der Waals surface area contributed by atoms with Crippen LogP contribution in [0.4, 0.5) is 0 Å². The molecular weight excluding hydrogens is 352 g/mol. The first-order chi connectivity index (χ1) is 10.9. The van der Waals surface area contributed by atoms with Gasteiger partial charge in [-0.3, -0.25) is 4.79 Å². The van der Waals surface area contributed by atoms with E-state index in [2.05, 4.69) is 22.4 Å². The lowest BCUT2D eigenvalue weighted by Crippen LogP contribution is -2.32. The fourth-order valence-corrected chi connectivity index (χ4v) is 5.98. The Bertz CT molecular complexity index is 808. The molecule has 8 heteroatoms. The van der Waals surface area contributed by atoms with Crippen LogP contribution in [0.25, 0.3) is 10.6 Å². The molecule has 3 rings (SSSR count). The van der Waals surface area contributed by atoms with E-state index in [1.165, 1.54) is 4.88 Å². The van der Waals surface area contributed by atoms with Crippen LogP contribution in [0, 0.1) is 12.8 Å². The van der Waals surface area contributed by atoms with E-state index in [1.807, 2.05) is 12.3 Å². The SMILES string of the molecule is Cc1nc(-c2ccc(CCNC(=O)C3CCS(=O)(=O)C3)s2)cs1. The van der Waals surface area contributed by atoms with Crippen molar-refractivity contribution in [3.8, 4) is 10.6 Å². The molecule has 0 saturated carbocycles. The lowest BCUT2D eigenvalue weighted by Gasteiger charge is -2.08. The van der Waals surface area contributed by atoms with Crippen LogP contribution in [0.1, 0.15) is 16.3 Å². The highest BCUT2D eigenvalue weighted by Gasteiger charge is 2.32. The smallest absolute Gasteiger partial charge is 0.224 e. The zero-order valence-corrected chi connectivity index (χ0v) is 15.2. The Balaban J connectivity index is 1.50. The molecule has 2 aromatic heterocycles. The molecule has 2 aromatic rings. The number of sulfone groups is 1. The summed E-state index contributed by atoms with van der Waals surface area (Å²) in [6, 6.07) is 4.11. The molecule has 0 radical (unpaired) electrons. The van der Waals surface area contributed by atoms with E-state index in [9.17, 15) is 13.2 Å². The number of carbonyl (C=O) groups is 1. The van der Waals surface area contributed by atoms with Crippen LogP contribution in [-0.4, -0.2) is 37.4 Å². The topological polar surface area (TPSA) is 76.1 Å². The summed E-state index contributed by atoms with van der Waals surface area (Å²) in [4.78, 5) is 18.8. The van der Waals surface area contributed by atoms with E-state index >= 15 is 0 Å². The summed E-state index contributed by atoms with van der Waals surface area (Å²) in [5.74, 6) is -0.396. The van der Waals surface area contributed by atoms with E-state index in [0.29, 0.717) is 13.0 Å². The van der Waals surface area contributed by atoms with Crippen LogP contribution in [-0.2, 0) is 21.1 Å². The van der Waals surface area contributed by atoms with Gasteiger partial charge in [0.2, 0.25) is 5.91 Å². The average molecular weight is 371 g/mol. The summed E-state index contributed by atoms with van der Waals surface area (Å²) in [5, 5.41) is 5.95. The fraction of sp³-hybridized carbons (Fsp3) is 0.467. The van der Waals surface area contributed by atoms with Crippen molar-refractivity contribution >= 4 is 38.4 Å². The number of thiazole rings is 1. The summed E-state index contributed by atoms with van der Waals surface area (Å²) < 4.78 is 22.8. The molecule has 1 aliphatic heterocycles. The maximum atomic E-state index is 12.0. The molecule has 1 atom stereocenters. The quantitative estimate of drug-likeness (QED) is 0.876. The van der Waals surface area contributed by atoms with Gasteiger partial charge in [0.1, 0.15) is 0 Å². The van der Waals surface area contributed by atoms with Crippen LogP contribution in [0.5, 0.6) is 0 Å². The number of hydrogen-bond donors (Lipinski definition) is 1. The summed E-state index contributed by atoms with van der Waals surface area (Å²) in [7, 11) is -3.01. The second-order valence-corrected chi connectivity index (χ2v) is 10.1. The summed E-state index contributed by atoms with van der Waals surface area (Å²) in [5.41, 5.74) is 1.00. The minimum absolute atomic E-state index is 0.00877. The second kappa shape index (κ2) is 6.70. The van der Waals surface area contributed by atoms with E-state index in [-0.39, 0.29) is 23.3 Å². The monoisotopic (exact) mass is 370 g/mol. The number of hydrogen-bond acceptors (Lipinski definition) is 6. The third-order valence-electron chi connectivity index (χ3n) is 3.81. The number of nitrogens with one attached hydrogen (secondary N) is 1. The number of rotatable bonds is 5. The Hall–Kier alpha value is -1.25. The van der Waals surface area contributed by atoms with E-state index in [0.717, 1.165) is 22.0 Å². The molecule has 5 nitrogen and oxygen atoms in total. The van der Waals surface area contributed by atoms with Crippen molar-refractivity contribution in [1.29, 1.82) is 0 Å². The number of thiophene rings is 1. The summed E-state index contributed by atoms with van der Waals surface area (Å²) in [6.45, 7) is 2.52. The molecule has 1 unspecified atom stereocenters. The van der Waals surface area contributed by atoms with Crippen molar-refractivity contribution in [2.75, 3.05) is 18.1 Å². The number of nitrogens with zero attached hydrogens (tertiary/aromatic N) is 1. The van der Waals surface area contributed by atoms with Crippen LogP contribution in [0.2, 0.25) is 0 Å². The van der Waals surface area contributed by atoms with E-state index in [4.69, 9.17) is 0 Å². The van der Waals surface area contributed by atoms with Crippen molar-refractivity contribution in [3.05, 3.63) is 27.4 Å². The Labute approximate surface area is 143 Å². The van der Waals surface area contributed by atoms with Crippen LogP contribution >= 0.6 is 22.7 Å². The number of aryl methyl sites for hydroxylation is 1. The number of carbonyl (C=O) groups excluding carboxylic acids is 1. The predicted molar refractivity (Wildman–Crippen MR) is 93.6 cm³/mol. The fourth-order valence-electron chi connectivity index (χ4n) is 2.58. The van der Waals surface area contributed by atoms with Gasteiger partial charge in [0.15, 0.2) is 9.84 Å². The van der Waals surface area contributed by atoms with Crippen LogP contribution in [0.3, 0.4) is 0 Å². The number of aromatic nitrogens is 1. The zero-order chi connectivity index (χ0) is 16.4. The molecule has 124 valence electrons. The van der Waals surface area contributed by atoms with Gasteiger partial charge in [-0.15, -0.1) is 22.7 Å². The van der Waals surface area contributed by atoms with Gasteiger partial charge in [-0.25, -0.2) is 13.4 Å². The van der Waals surface area contributed by atoms with Gasteiger partial charge in [-0.05, 0) is 31.9 Å². The maximum absolute atomic E-state index is 12.0. The summed E-state index contributed by atoms with van der Waals surface area (Å²) in [6.07, 6.45) is 1.19. The molecule has 0 aliphatic carbocycles. The lowest BCUT2D eigenvalue weighted by molar-refractivity contribution is -0.124. The molecule has 1 aliphatic rings. The second-order valence-electron chi connectivity index (χ2n) is 5.66. The standard InChI is InChI=1S/C15H18N2O3S3/c1-10-17-13(8-21-10)14-3-2-12(22-14)4-6-16-15(18)11-5-7-23(19,20)9-11/h2-3,8,11H,4-7,9H2,1H3,(H,16,18). The Morgan fingerprint density at radius 1 is 1.43 bits per heavy atom. The predicted octanol–water partition coefficient (Wildman–Crippen LogP) is 2.27. The Morgan fingerprint density at radius 2 is 2.26 bits per heavy atom. The molecule has 23 heavy (non-hydrogen) atoms. The lowest BCUT2D eigenvalue weighted by atomic mass is 10.1. The molecule has 0 spiro atoms. The van der Waals surface area contributed by atoms with Crippen molar-refractivity contribution < 1.29 is 13.2 Å². The van der Waals surface area contributed by atoms with Gasteiger partial charge in [-0.1, -0.05) is 0 Å². The molecule has 1 N–H and O–H groups in total. The van der Waals surface area contributed by atoms with E-state index in [1.54, 1.807) is 22.7 Å². The largest absolute Gasteiger partial charge is 0.355 e. The molecule has 1 amide bonds. The van der Waals surface area contributed by atoms with Gasteiger partial charge in [-0.2, -0.15) is 0 Å². The van der Waals surface area contributed by atoms with Crippen molar-refractivity contribution in [2.24, 2.45) is 5.92 Å².